The minimum Gasteiger partial charge on any atom is -0.354 e. The minimum absolute atomic E-state index is 0.0514. The van der Waals surface area contributed by atoms with Crippen LogP contribution in [0, 0.1) is 6.92 Å². The molecule has 0 unspecified atom stereocenters. The lowest BCUT2D eigenvalue weighted by Gasteiger charge is -2.29. The molecule has 0 bridgehead atoms. The van der Waals surface area contributed by atoms with Gasteiger partial charge in [0.15, 0.2) is 0 Å². The number of carbonyl (C=O) groups is 2. The number of amides is 2. The van der Waals surface area contributed by atoms with Crippen LogP contribution >= 0.6 is 23.4 Å². The minimum atomic E-state index is -0.533. The number of hydrogen-bond acceptors (Lipinski definition) is 3. The van der Waals surface area contributed by atoms with Crippen LogP contribution in [-0.2, 0) is 21.9 Å². The van der Waals surface area contributed by atoms with E-state index in [4.69, 9.17) is 11.6 Å². The molecule has 0 aromatic heterocycles. The maximum absolute atomic E-state index is 13.0. The molecule has 0 heterocycles. The smallest absolute Gasteiger partial charge is 0.242 e. The molecule has 0 fully saturated rings. The van der Waals surface area contributed by atoms with Crippen molar-refractivity contribution in [1.29, 1.82) is 0 Å². The highest BCUT2D eigenvalue weighted by atomic mass is 35.5. The second-order valence-electron chi connectivity index (χ2n) is 7.00. The Morgan fingerprint density at radius 1 is 1.10 bits per heavy atom. The maximum atomic E-state index is 13.0. The first-order chi connectivity index (χ1) is 13.9. The predicted octanol–water partition coefficient (Wildman–Crippen LogP) is 4.83. The summed E-state index contributed by atoms with van der Waals surface area (Å²) in [5.74, 6) is 0.775. The van der Waals surface area contributed by atoms with E-state index in [0.29, 0.717) is 29.6 Å². The Kier molecular flexibility index (Phi) is 9.55. The lowest BCUT2D eigenvalue weighted by atomic mass is 10.1. The van der Waals surface area contributed by atoms with Crippen LogP contribution in [0.4, 0.5) is 0 Å². The van der Waals surface area contributed by atoms with E-state index in [9.17, 15) is 9.59 Å². The first-order valence-electron chi connectivity index (χ1n) is 9.86. The molecule has 0 saturated heterocycles. The number of hydrogen-bond donors (Lipinski definition) is 1. The molecule has 156 valence electrons. The molecule has 29 heavy (non-hydrogen) atoms. The third kappa shape index (κ3) is 7.09. The van der Waals surface area contributed by atoms with E-state index < -0.39 is 6.04 Å². The number of rotatable bonds is 10. The molecule has 1 atom stereocenters. The number of thioether (sulfide) groups is 1. The number of halogens is 1. The zero-order valence-electron chi connectivity index (χ0n) is 17.3. The Morgan fingerprint density at radius 3 is 2.41 bits per heavy atom. The molecule has 0 radical (unpaired) electrons. The Bertz CT molecular complexity index is 828. The van der Waals surface area contributed by atoms with Gasteiger partial charge in [0.25, 0.3) is 0 Å². The second-order valence-corrected chi connectivity index (χ2v) is 8.39. The van der Waals surface area contributed by atoms with Gasteiger partial charge in [-0.3, -0.25) is 9.59 Å². The van der Waals surface area contributed by atoms with Crippen LogP contribution in [-0.4, -0.2) is 35.1 Å². The van der Waals surface area contributed by atoms with Crippen LogP contribution in [0.15, 0.2) is 48.5 Å². The standard InChI is InChI=1S/C23H29ClN2O2S/c1-4-13-25-23(28)18(3)26(14-19-10-6-5-9-17(19)2)22(27)16-29-15-20-11-7-8-12-21(20)24/h5-12,18H,4,13-16H2,1-3H3,(H,25,28)/t18-/m0/s1. The maximum Gasteiger partial charge on any atom is 0.242 e. The quantitative estimate of drug-likeness (QED) is 0.585. The summed E-state index contributed by atoms with van der Waals surface area (Å²) in [6.45, 7) is 6.84. The number of benzene rings is 2. The molecule has 2 aromatic carbocycles. The summed E-state index contributed by atoms with van der Waals surface area (Å²) in [4.78, 5) is 27.3. The van der Waals surface area contributed by atoms with E-state index in [1.807, 2.05) is 62.4 Å². The average Bonchev–Trinajstić information content (AvgIpc) is 2.72. The van der Waals surface area contributed by atoms with Gasteiger partial charge in [-0.15, -0.1) is 11.8 Å². The van der Waals surface area contributed by atoms with Gasteiger partial charge in [0, 0.05) is 23.9 Å². The number of nitrogens with one attached hydrogen (secondary N) is 1. The highest BCUT2D eigenvalue weighted by molar-refractivity contribution is 7.99. The summed E-state index contributed by atoms with van der Waals surface area (Å²) < 4.78 is 0. The van der Waals surface area contributed by atoms with Crippen molar-refractivity contribution in [3.8, 4) is 0 Å². The van der Waals surface area contributed by atoms with Gasteiger partial charge in [-0.05, 0) is 43.0 Å². The van der Waals surface area contributed by atoms with Crippen LogP contribution < -0.4 is 5.32 Å². The first kappa shape index (κ1) is 23.3. The topological polar surface area (TPSA) is 49.4 Å². The lowest BCUT2D eigenvalue weighted by Crippen LogP contribution is -2.48. The molecular weight excluding hydrogens is 404 g/mol. The molecule has 2 amide bonds. The van der Waals surface area contributed by atoms with Gasteiger partial charge in [0.05, 0.1) is 5.75 Å². The molecule has 1 N–H and O–H groups in total. The second kappa shape index (κ2) is 11.9. The summed E-state index contributed by atoms with van der Waals surface area (Å²) >= 11 is 7.72. The summed E-state index contributed by atoms with van der Waals surface area (Å²) in [7, 11) is 0. The van der Waals surface area contributed by atoms with Gasteiger partial charge in [-0.1, -0.05) is 61.0 Å². The molecule has 0 spiro atoms. The number of carbonyl (C=O) groups excluding carboxylic acids is 2. The van der Waals surface area contributed by atoms with Crippen LogP contribution in [0.3, 0.4) is 0 Å². The van der Waals surface area contributed by atoms with E-state index in [1.54, 1.807) is 11.8 Å². The Morgan fingerprint density at radius 2 is 1.76 bits per heavy atom. The van der Waals surface area contributed by atoms with E-state index in [-0.39, 0.29) is 11.8 Å². The van der Waals surface area contributed by atoms with Gasteiger partial charge < -0.3 is 10.2 Å². The monoisotopic (exact) mass is 432 g/mol. The normalized spacial score (nSPS) is 11.7. The molecule has 0 aliphatic heterocycles. The van der Waals surface area contributed by atoms with Crippen molar-refractivity contribution in [1.82, 2.24) is 10.2 Å². The highest BCUT2D eigenvalue weighted by Gasteiger charge is 2.26. The highest BCUT2D eigenvalue weighted by Crippen LogP contribution is 2.22. The van der Waals surface area contributed by atoms with Crippen molar-refractivity contribution in [3.05, 3.63) is 70.2 Å². The van der Waals surface area contributed by atoms with Crippen LogP contribution in [0.5, 0.6) is 0 Å². The van der Waals surface area contributed by atoms with Gasteiger partial charge in [-0.25, -0.2) is 0 Å². The Hall–Kier alpha value is -1.98. The SMILES string of the molecule is CCCNC(=O)[C@H](C)N(Cc1ccccc1C)C(=O)CSCc1ccccc1Cl. The summed E-state index contributed by atoms with van der Waals surface area (Å²) in [6.07, 6.45) is 0.859. The van der Waals surface area contributed by atoms with E-state index >= 15 is 0 Å². The van der Waals surface area contributed by atoms with Gasteiger partial charge >= 0.3 is 0 Å². The molecular formula is C23H29ClN2O2S. The third-order valence-corrected chi connectivity index (χ3v) is 6.09. The number of aryl methyl sites for hydroxylation is 1. The zero-order chi connectivity index (χ0) is 21.2. The van der Waals surface area contributed by atoms with Crippen molar-refractivity contribution >= 4 is 35.2 Å². The van der Waals surface area contributed by atoms with Crippen LogP contribution in [0.2, 0.25) is 5.02 Å². The molecule has 6 heteroatoms. The van der Waals surface area contributed by atoms with Gasteiger partial charge in [-0.2, -0.15) is 0 Å². The average molecular weight is 433 g/mol. The fraction of sp³-hybridized carbons (Fsp3) is 0.391. The lowest BCUT2D eigenvalue weighted by molar-refractivity contribution is -0.138. The van der Waals surface area contributed by atoms with E-state index in [2.05, 4.69) is 5.32 Å². The summed E-state index contributed by atoms with van der Waals surface area (Å²) in [5.41, 5.74) is 3.16. The Labute approximate surface area is 183 Å². The van der Waals surface area contributed by atoms with Crippen molar-refractivity contribution in [2.24, 2.45) is 0 Å². The fourth-order valence-electron chi connectivity index (χ4n) is 2.90. The predicted molar refractivity (Wildman–Crippen MR) is 122 cm³/mol. The summed E-state index contributed by atoms with van der Waals surface area (Å²) in [6, 6.07) is 15.1. The van der Waals surface area contributed by atoms with Crippen molar-refractivity contribution in [3.63, 3.8) is 0 Å². The molecule has 2 aromatic rings. The van der Waals surface area contributed by atoms with Crippen molar-refractivity contribution in [2.75, 3.05) is 12.3 Å². The van der Waals surface area contributed by atoms with Crippen molar-refractivity contribution < 1.29 is 9.59 Å². The third-order valence-electron chi connectivity index (χ3n) is 4.76. The largest absolute Gasteiger partial charge is 0.354 e. The number of nitrogens with zero attached hydrogens (tertiary/aromatic N) is 1. The molecule has 0 saturated carbocycles. The van der Waals surface area contributed by atoms with Crippen molar-refractivity contribution in [2.45, 2.75) is 45.5 Å². The molecule has 4 nitrogen and oxygen atoms in total. The molecule has 0 aliphatic rings. The first-order valence-corrected chi connectivity index (χ1v) is 11.4. The van der Waals surface area contributed by atoms with E-state index in [1.165, 1.54) is 11.8 Å². The Balaban J connectivity index is 2.08. The van der Waals surface area contributed by atoms with Crippen LogP contribution in [0.1, 0.15) is 37.0 Å². The fourth-order valence-corrected chi connectivity index (χ4v) is 4.09. The molecule has 2 rings (SSSR count). The van der Waals surface area contributed by atoms with Gasteiger partial charge in [0.2, 0.25) is 11.8 Å². The summed E-state index contributed by atoms with van der Waals surface area (Å²) in [5, 5.41) is 3.61. The van der Waals surface area contributed by atoms with E-state index in [0.717, 1.165) is 23.1 Å². The zero-order valence-corrected chi connectivity index (χ0v) is 18.9. The molecule has 0 aliphatic carbocycles. The van der Waals surface area contributed by atoms with Gasteiger partial charge in [0.1, 0.15) is 6.04 Å². The van der Waals surface area contributed by atoms with Crippen LogP contribution in [0.25, 0.3) is 0 Å².